The van der Waals surface area contributed by atoms with E-state index in [1.165, 1.54) is 12.3 Å². The number of aromatic nitrogens is 3. The molecule has 0 bridgehead atoms. The molecular weight excluding hydrogens is 378 g/mol. The van der Waals surface area contributed by atoms with Gasteiger partial charge in [-0.3, -0.25) is 9.20 Å². The van der Waals surface area contributed by atoms with Crippen LogP contribution in [0.3, 0.4) is 0 Å². The minimum Gasteiger partial charge on any atom is -0.404 e. The van der Waals surface area contributed by atoms with Gasteiger partial charge >= 0.3 is 0 Å². The first-order valence-electron chi connectivity index (χ1n) is 9.49. The summed E-state index contributed by atoms with van der Waals surface area (Å²) >= 11 is 0. The van der Waals surface area contributed by atoms with Gasteiger partial charge in [0.25, 0.3) is 5.91 Å². The molecule has 0 aliphatic rings. The topological polar surface area (TPSA) is 124 Å². The monoisotopic (exact) mass is 399 g/mol. The summed E-state index contributed by atoms with van der Waals surface area (Å²) in [5.41, 5.74) is 15.7. The van der Waals surface area contributed by atoms with Crippen molar-refractivity contribution in [3.05, 3.63) is 72.6 Å². The number of para-hydroxylation sites is 2. The van der Waals surface area contributed by atoms with E-state index in [1.54, 1.807) is 12.1 Å². The Bertz CT molecular complexity index is 1290. The van der Waals surface area contributed by atoms with E-state index in [0.717, 1.165) is 40.3 Å². The highest BCUT2D eigenvalue weighted by Crippen LogP contribution is 2.28. The Kier molecular flexibility index (Phi) is 5.13. The third kappa shape index (κ3) is 3.46. The Labute approximate surface area is 173 Å². The molecule has 1 amide bonds. The first-order chi connectivity index (χ1) is 14.6. The van der Waals surface area contributed by atoms with Gasteiger partial charge in [-0.05, 0) is 43.5 Å². The van der Waals surface area contributed by atoms with Crippen LogP contribution in [0.5, 0.6) is 0 Å². The van der Waals surface area contributed by atoms with Gasteiger partial charge in [0, 0.05) is 17.7 Å². The normalized spacial score (nSPS) is 12.1. The molecule has 150 valence electrons. The highest BCUT2D eigenvalue weighted by molar-refractivity contribution is 6.06. The van der Waals surface area contributed by atoms with Crippen molar-refractivity contribution in [2.45, 2.75) is 6.92 Å². The van der Waals surface area contributed by atoms with Crippen LogP contribution in [0.4, 0.5) is 5.82 Å². The minimum atomic E-state index is -0.431. The van der Waals surface area contributed by atoms with Gasteiger partial charge in [-0.25, -0.2) is 9.97 Å². The van der Waals surface area contributed by atoms with Crippen LogP contribution in [0.25, 0.3) is 27.9 Å². The van der Waals surface area contributed by atoms with Gasteiger partial charge in [-0.1, -0.05) is 24.3 Å². The average molecular weight is 399 g/mol. The standard InChI is InChI=1S/C22H21N7O/c1-2-25-20-21-26-13-18(29(21)17-6-4-3-5-16(17)27-20)14-7-9-15(10-8-14)22(30)28-19(24)11-12-23/h3-13H,2,23H2,1H3,(H,25,27)(H2,24,28,30)/b12-11-. The van der Waals surface area contributed by atoms with Crippen molar-refractivity contribution < 1.29 is 4.79 Å². The number of carbonyl (C=O) groups is 1. The molecule has 8 nitrogen and oxygen atoms in total. The van der Waals surface area contributed by atoms with Crippen LogP contribution in [-0.4, -0.2) is 32.7 Å². The number of aliphatic imine (C=N–C) groups is 1. The maximum absolute atomic E-state index is 12.3. The SMILES string of the molecule is CCNc1nc2ccccc2n2c(-c3ccc(C(=O)N=C(N)/C=C\N)cc3)cnc12. The Morgan fingerprint density at radius 3 is 2.70 bits per heavy atom. The van der Waals surface area contributed by atoms with E-state index in [2.05, 4.69) is 19.7 Å². The van der Waals surface area contributed by atoms with Gasteiger partial charge in [0.05, 0.1) is 22.9 Å². The third-order valence-corrected chi connectivity index (χ3v) is 4.60. The third-order valence-electron chi connectivity index (χ3n) is 4.60. The van der Waals surface area contributed by atoms with Crippen LogP contribution in [0, 0.1) is 0 Å². The second-order valence-corrected chi connectivity index (χ2v) is 6.56. The second-order valence-electron chi connectivity index (χ2n) is 6.56. The summed E-state index contributed by atoms with van der Waals surface area (Å²) in [7, 11) is 0. The van der Waals surface area contributed by atoms with E-state index in [1.807, 2.05) is 49.5 Å². The van der Waals surface area contributed by atoms with Crippen molar-refractivity contribution in [2.24, 2.45) is 16.5 Å². The van der Waals surface area contributed by atoms with Gasteiger partial charge in [0.15, 0.2) is 11.5 Å². The number of imidazole rings is 1. The zero-order chi connectivity index (χ0) is 21.1. The van der Waals surface area contributed by atoms with E-state index in [9.17, 15) is 4.79 Å². The van der Waals surface area contributed by atoms with Crippen LogP contribution in [0.1, 0.15) is 17.3 Å². The summed E-state index contributed by atoms with van der Waals surface area (Å²) in [5.74, 6) is 0.356. The largest absolute Gasteiger partial charge is 0.404 e. The molecule has 4 aromatic rings. The number of nitrogens with one attached hydrogen (secondary N) is 1. The Morgan fingerprint density at radius 1 is 1.20 bits per heavy atom. The Morgan fingerprint density at radius 2 is 1.97 bits per heavy atom. The number of nitrogens with two attached hydrogens (primary N) is 2. The highest BCUT2D eigenvalue weighted by Gasteiger charge is 2.15. The molecule has 0 aliphatic carbocycles. The molecule has 0 fully saturated rings. The molecule has 0 unspecified atom stereocenters. The van der Waals surface area contributed by atoms with E-state index < -0.39 is 5.91 Å². The van der Waals surface area contributed by atoms with E-state index in [4.69, 9.17) is 16.5 Å². The predicted molar refractivity (Wildman–Crippen MR) is 119 cm³/mol. The molecule has 0 saturated carbocycles. The summed E-state index contributed by atoms with van der Waals surface area (Å²) in [4.78, 5) is 25.4. The fourth-order valence-corrected chi connectivity index (χ4v) is 3.27. The van der Waals surface area contributed by atoms with Crippen molar-refractivity contribution in [3.63, 3.8) is 0 Å². The number of carbonyl (C=O) groups excluding carboxylic acids is 1. The van der Waals surface area contributed by atoms with Gasteiger partial charge in [-0.2, -0.15) is 4.99 Å². The van der Waals surface area contributed by atoms with Crippen LogP contribution < -0.4 is 16.8 Å². The van der Waals surface area contributed by atoms with Crippen molar-refractivity contribution in [1.29, 1.82) is 0 Å². The molecule has 30 heavy (non-hydrogen) atoms. The summed E-state index contributed by atoms with van der Waals surface area (Å²) in [6.45, 7) is 2.76. The van der Waals surface area contributed by atoms with Crippen molar-refractivity contribution >= 4 is 34.2 Å². The van der Waals surface area contributed by atoms with Crippen molar-refractivity contribution in [3.8, 4) is 11.3 Å². The quantitative estimate of drug-likeness (QED) is 0.350. The predicted octanol–water partition coefficient (Wildman–Crippen LogP) is 2.95. The fraction of sp³-hybridized carbons (Fsp3) is 0.0909. The maximum Gasteiger partial charge on any atom is 0.278 e. The smallest absolute Gasteiger partial charge is 0.278 e. The molecule has 5 N–H and O–H groups in total. The summed E-state index contributed by atoms with van der Waals surface area (Å²) in [6, 6.07) is 15.1. The number of amidine groups is 1. The Hall–Kier alpha value is -4.20. The molecule has 0 spiro atoms. The number of hydrogen-bond donors (Lipinski definition) is 3. The van der Waals surface area contributed by atoms with E-state index >= 15 is 0 Å². The van der Waals surface area contributed by atoms with Gasteiger partial charge in [0.2, 0.25) is 0 Å². The van der Waals surface area contributed by atoms with E-state index in [0.29, 0.717) is 5.56 Å². The molecule has 0 radical (unpaired) electrons. The molecule has 4 rings (SSSR count). The number of hydrogen-bond acceptors (Lipinski definition) is 5. The number of nitrogens with zero attached hydrogens (tertiary/aromatic N) is 4. The zero-order valence-electron chi connectivity index (χ0n) is 16.4. The Balaban J connectivity index is 1.80. The molecule has 0 atom stereocenters. The lowest BCUT2D eigenvalue weighted by Crippen LogP contribution is -2.11. The van der Waals surface area contributed by atoms with Crippen molar-refractivity contribution in [1.82, 2.24) is 14.4 Å². The summed E-state index contributed by atoms with van der Waals surface area (Å²) in [5, 5.41) is 3.28. The summed E-state index contributed by atoms with van der Waals surface area (Å²) in [6.07, 6.45) is 4.41. The molecule has 2 heterocycles. The van der Waals surface area contributed by atoms with E-state index in [-0.39, 0.29) is 5.84 Å². The van der Waals surface area contributed by atoms with Gasteiger partial charge in [0.1, 0.15) is 5.84 Å². The molecule has 0 saturated heterocycles. The molecule has 0 aliphatic heterocycles. The van der Waals surface area contributed by atoms with Crippen molar-refractivity contribution in [2.75, 3.05) is 11.9 Å². The number of amides is 1. The molecule has 2 aromatic heterocycles. The fourth-order valence-electron chi connectivity index (χ4n) is 3.27. The van der Waals surface area contributed by atoms with Crippen LogP contribution in [-0.2, 0) is 0 Å². The van der Waals surface area contributed by atoms with Gasteiger partial charge in [-0.15, -0.1) is 0 Å². The molecule has 8 heteroatoms. The van der Waals surface area contributed by atoms with Crippen LogP contribution in [0.15, 0.2) is 72.0 Å². The lowest BCUT2D eigenvalue weighted by atomic mass is 10.1. The van der Waals surface area contributed by atoms with Crippen LogP contribution in [0.2, 0.25) is 0 Å². The number of anilines is 1. The number of fused-ring (bicyclic) bond motifs is 3. The number of rotatable bonds is 5. The lowest BCUT2D eigenvalue weighted by Gasteiger charge is -2.10. The number of benzene rings is 2. The lowest BCUT2D eigenvalue weighted by molar-refractivity contribution is 0.100. The molecule has 2 aromatic carbocycles. The summed E-state index contributed by atoms with van der Waals surface area (Å²) < 4.78 is 2.07. The van der Waals surface area contributed by atoms with Crippen LogP contribution >= 0.6 is 0 Å². The maximum atomic E-state index is 12.3. The second kappa shape index (κ2) is 8.04. The first kappa shape index (κ1) is 19.1. The zero-order valence-corrected chi connectivity index (χ0v) is 16.4. The minimum absolute atomic E-state index is 0.0586. The highest BCUT2D eigenvalue weighted by atomic mass is 16.1. The average Bonchev–Trinajstić information content (AvgIpc) is 3.20. The molecular formula is C22H21N7O. The van der Waals surface area contributed by atoms with Gasteiger partial charge < -0.3 is 16.8 Å². The first-order valence-corrected chi connectivity index (χ1v) is 9.49.